The summed E-state index contributed by atoms with van der Waals surface area (Å²) in [7, 11) is 0. The zero-order chi connectivity index (χ0) is 15.4. The first-order valence-corrected chi connectivity index (χ1v) is 8.31. The molecule has 0 spiro atoms. The van der Waals surface area contributed by atoms with Gasteiger partial charge in [0.05, 0.1) is 11.2 Å². The van der Waals surface area contributed by atoms with Gasteiger partial charge in [0.1, 0.15) is 5.54 Å². The van der Waals surface area contributed by atoms with Crippen molar-refractivity contribution in [1.29, 1.82) is 0 Å². The first-order chi connectivity index (χ1) is 10.7. The van der Waals surface area contributed by atoms with Crippen LogP contribution in [0.5, 0.6) is 0 Å². The first kappa shape index (κ1) is 14.9. The molecule has 0 aromatic carbocycles. The van der Waals surface area contributed by atoms with Gasteiger partial charge in [-0.05, 0) is 18.9 Å². The number of rotatable bonds is 4. The van der Waals surface area contributed by atoms with Crippen LogP contribution in [-0.2, 0) is 10.3 Å². The molecule has 116 valence electrons. The fourth-order valence-electron chi connectivity index (χ4n) is 2.80. The van der Waals surface area contributed by atoms with E-state index in [4.69, 9.17) is 4.52 Å². The van der Waals surface area contributed by atoms with Crippen molar-refractivity contribution in [2.45, 2.75) is 44.6 Å². The number of nitrogens with zero attached hydrogens (tertiary/aromatic N) is 3. The van der Waals surface area contributed by atoms with Crippen molar-refractivity contribution in [3.63, 3.8) is 0 Å². The molecule has 22 heavy (non-hydrogen) atoms. The molecular formula is C15H18N4O2S. The maximum atomic E-state index is 12.3. The molecule has 0 unspecified atom stereocenters. The molecule has 0 saturated heterocycles. The molecule has 2 heterocycles. The maximum Gasteiger partial charge on any atom is 0.244 e. The van der Waals surface area contributed by atoms with Crippen molar-refractivity contribution in [2.75, 3.05) is 0 Å². The van der Waals surface area contributed by atoms with Gasteiger partial charge in [-0.25, -0.2) is 4.98 Å². The predicted molar refractivity (Wildman–Crippen MR) is 83.1 cm³/mol. The van der Waals surface area contributed by atoms with Gasteiger partial charge in [0.2, 0.25) is 11.8 Å². The minimum Gasteiger partial charge on any atom is -0.340 e. The van der Waals surface area contributed by atoms with Crippen LogP contribution in [0.2, 0.25) is 0 Å². The SMILES string of the molecule is Cc1nc(C2(NC(=O)C=Cc3cscn3)CCCCC2)no1. The van der Waals surface area contributed by atoms with Crippen molar-refractivity contribution < 1.29 is 9.32 Å². The molecule has 1 saturated carbocycles. The molecule has 0 atom stereocenters. The molecule has 1 aliphatic carbocycles. The smallest absolute Gasteiger partial charge is 0.244 e. The fourth-order valence-corrected chi connectivity index (χ4v) is 3.32. The summed E-state index contributed by atoms with van der Waals surface area (Å²) >= 11 is 1.50. The Morgan fingerprint density at radius 2 is 2.23 bits per heavy atom. The number of carbonyl (C=O) groups is 1. The number of thiazole rings is 1. The van der Waals surface area contributed by atoms with Crippen LogP contribution >= 0.6 is 11.3 Å². The predicted octanol–water partition coefficient (Wildman–Crippen LogP) is 2.82. The van der Waals surface area contributed by atoms with E-state index in [1.807, 2.05) is 5.38 Å². The van der Waals surface area contributed by atoms with Gasteiger partial charge < -0.3 is 9.84 Å². The molecule has 3 rings (SSSR count). The van der Waals surface area contributed by atoms with E-state index < -0.39 is 5.54 Å². The van der Waals surface area contributed by atoms with Crippen molar-refractivity contribution >= 4 is 23.3 Å². The summed E-state index contributed by atoms with van der Waals surface area (Å²) in [6.45, 7) is 1.76. The minimum absolute atomic E-state index is 0.155. The summed E-state index contributed by atoms with van der Waals surface area (Å²) in [6.07, 6.45) is 8.16. The first-order valence-electron chi connectivity index (χ1n) is 7.37. The van der Waals surface area contributed by atoms with Gasteiger partial charge in [0.25, 0.3) is 0 Å². The second kappa shape index (κ2) is 6.39. The second-order valence-corrected chi connectivity index (χ2v) is 6.23. The highest BCUT2D eigenvalue weighted by Gasteiger charge is 2.39. The molecule has 1 N–H and O–H groups in total. The highest BCUT2D eigenvalue weighted by Crippen LogP contribution is 2.35. The van der Waals surface area contributed by atoms with E-state index in [-0.39, 0.29) is 5.91 Å². The summed E-state index contributed by atoms with van der Waals surface area (Å²) < 4.78 is 5.10. The van der Waals surface area contributed by atoms with E-state index >= 15 is 0 Å². The summed E-state index contributed by atoms with van der Waals surface area (Å²) in [6, 6.07) is 0. The van der Waals surface area contributed by atoms with Crippen molar-refractivity contribution in [1.82, 2.24) is 20.4 Å². The highest BCUT2D eigenvalue weighted by atomic mass is 32.1. The Labute approximate surface area is 132 Å². The molecule has 1 fully saturated rings. The van der Waals surface area contributed by atoms with Crippen molar-refractivity contribution in [3.8, 4) is 0 Å². The fraction of sp³-hybridized carbons (Fsp3) is 0.467. The van der Waals surface area contributed by atoms with Gasteiger partial charge in [-0.2, -0.15) is 4.98 Å². The number of amides is 1. The molecule has 1 aliphatic rings. The average Bonchev–Trinajstić information content (AvgIpc) is 3.17. The van der Waals surface area contributed by atoms with Gasteiger partial charge in [-0.1, -0.05) is 24.4 Å². The topological polar surface area (TPSA) is 80.9 Å². The van der Waals surface area contributed by atoms with Gasteiger partial charge in [0, 0.05) is 18.4 Å². The van der Waals surface area contributed by atoms with Crippen LogP contribution in [0, 0.1) is 6.92 Å². The lowest BCUT2D eigenvalue weighted by Crippen LogP contribution is -2.47. The molecule has 0 aliphatic heterocycles. The standard InChI is InChI=1S/C15H18N4O2S/c1-11-17-14(19-21-11)15(7-3-2-4-8-15)18-13(20)6-5-12-9-22-10-16-12/h5-6,9-10H,2-4,7-8H2,1H3,(H,18,20). The van der Waals surface area contributed by atoms with E-state index in [2.05, 4.69) is 20.4 Å². The maximum absolute atomic E-state index is 12.3. The van der Waals surface area contributed by atoms with Gasteiger partial charge in [0.15, 0.2) is 5.82 Å². The summed E-state index contributed by atoms with van der Waals surface area (Å²) in [5.41, 5.74) is 2.01. The summed E-state index contributed by atoms with van der Waals surface area (Å²) in [5.74, 6) is 0.949. The monoisotopic (exact) mass is 318 g/mol. The van der Waals surface area contributed by atoms with Crippen LogP contribution in [0.1, 0.15) is 49.5 Å². The van der Waals surface area contributed by atoms with Crippen LogP contribution in [0.3, 0.4) is 0 Å². The summed E-state index contributed by atoms with van der Waals surface area (Å²) in [5, 5.41) is 9.02. The van der Waals surface area contributed by atoms with Crippen LogP contribution < -0.4 is 5.32 Å². The molecule has 2 aromatic rings. The number of hydrogen-bond acceptors (Lipinski definition) is 6. The second-order valence-electron chi connectivity index (χ2n) is 5.52. The lowest BCUT2D eigenvalue weighted by atomic mass is 9.81. The molecule has 0 radical (unpaired) electrons. The van der Waals surface area contributed by atoms with E-state index in [0.29, 0.717) is 11.7 Å². The van der Waals surface area contributed by atoms with Crippen LogP contribution in [-0.4, -0.2) is 21.0 Å². The number of nitrogens with one attached hydrogen (secondary N) is 1. The third-order valence-electron chi connectivity index (χ3n) is 3.88. The minimum atomic E-state index is -0.514. The lowest BCUT2D eigenvalue weighted by molar-refractivity contribution is -0.119. The van der Waals surface area contributed by atoms with Crippen molar-refractivity contribution in [2.24, 2.45) is 0 Å². The van der Waals surface area contributed by atoms with Gasteiger partial charge in [-0.3, -0.25) is 4.79 Å². The van der Waals surface area contributed by atoms with Crippen LogP contribution in [0.15, 0.2) is 21.5 Å². The van der Waals surface area contributed by atoms with E-state index in [1.54, 1.807) is 18.5 Å². The van der Waals surface area contributed by atoms with Crippen LogP contribution in [0.4, 0.5) is 0 Å². The highest BCUT2D eigenvalue weighted by molar-refractivity contribution is 7.07. The number of carbonyl (C=O) groups excluding carboxylic acids is 1. The number of hydrogen-bond donors (Lipinski definition) is 1. The Morgan fingerprint density at radius 3 is 2.86 bits per heavy atom. The quantitative estimate of drug-likeness (QED) is 0.877. The number of aromatic nitrogens is 3. The Bertz CT molecular complexity index is 657. The zero-order valence-corrected chi connectivity index (χ0v) is 13.2. The Balaban J connectivity index is 1.77. The molecule has 2 aromatic heterocycles. The van der Waals surface area contributed by atoms with Gasteiger partial charge in [-0.15, -0.1) is 11.3 Å². The molecule has 0 bridgehead atoms. The van der Waals surface area contributed by atoms with Crippen molar-refractivity contribution in [3.05, 3.63) is 34.4 Å². The normalized spacial score (nSPS) is 17.7. The zero-order valence-electron chi connectivity index (χ0n) is 12.4. The van der Waals surface area contributed by atoms with Crippen LogP contribution in [0.25, 0.3) is 6.08 Å². The Hall–Kier alpha value is -2.02. The Kier molecular flexibility index (Phi) is 4.33. The lowest BCUT2D eigenvalue weighted by Gasteiger charge is -2.34. The molecule has 7 heteroatoms. The molecule has 1 amide bonds. The summed E-state index contributed by atoms with van der Waals surface area (Å²) in [4.78, 5) is 20.8. The van der Waals surface area contributed by atoms with E-state index in [1.165, 1.54) is 23.8 Å². The number of aryl methyl sites for hydroxylation is 1. The molecular weight excluding hydrogens is 300 g/mol. The largest absolute Gasteiger partial charge is 0.340 e. The third-order valence-corrected chi connectivity index (χ3v) is 4.49. The van der Waals surface area contributed by atoms with Gasteiger partial charge >= 0.3 is 0 Å². The third kappa shape index (κ3) is 3.24. The van der Waals surface area contributed by atoms with E-state index in [9.17, 15) is 4.79 Å². The average molecular weight is 318 g/mol. The molecule has 6 nitrogen and oxygen atoms in total. The Morgan fingerprint density at radius 1 is 1.41 bits per heavy atom. The van der Waals surface area contributed by atoms with E-state index in [0.717, 1.165) is 31.4 Å².